The maximum absolute atomic E-state index is 14.5. The van der Waals surface area contributed by atoms with Gasteiger partial charge < -0.3 is 9.30 Å². The Kier molecular flexibility index (Phi) is 5.73. The van der Waals surface area contributed by atoms with Gasteiger partial charge in [0, 0.05) is 37.1 Å². The van der Waals surface area contributed by atoms with Crippen molar-refractivity contribution in [1.82, 2.24) is 9.47 Å². The van der Waals surface area contributed by atoms with E-state index in [1.807, 2.05) is 54.6 Å². The average Bonchev–Trinajstić information content (AvgIpc) is 3.18. The predicted octanol–water partition coefficient (Wildman–Crippen LogP) is 6.55. The quantitative estimate of drug-likeness (QED) is 0.357. The molecule has 0 spiro atoms. The van der Waals surface area contributed by atoms with E-state index in [-0.39, 0.29) is 11.9 Å². The molecule has 0 N–H and O–H groups in total. The molecule has 1 aliphatic heterocycles. The largest absolute Gasteiger partial charge is 0.457 e. The van der Waals surface area contributed by atoms with Crippen molar-refractivity contribution < 1.29 is 13.5 Å². The lowest BCUT2D eigenvalue weighted by molar-refractivity contribution is 0.217. The van der Waals surface area contributed by atoms with Gasteiger partial charge in [0.1, 0.15) is 23.1 Å². The number of rotatable bonds is 5. The molecule has 32 heavy (non-hydrogen) atoms. The van der Waals surface area contributed by atoms with Crippen molar-refractivity contribution in [3.05, 3.63) is 120 Å². The van der Waals surface area contributed by atoms with E-state index in [4.69, 9.17) is 4.74 Å². The summed E-state index contributed by atoms with van der Waals surface area (Å²) in [6.45, 7) is 1.98. The third kappa shape index (κ3) is 4.30. The highest BCUT2D eigenvalue weighted by Crippen LogP contribution is 2.35. The molecule has 0 radical (unpaired) electrons. The molecule has 1 aliphatic rings. The van der Waals surface area contributed by atoms with Crippen molar-refractivity contribution in [2.24, 2.45) is 0 Å². The first kappa shape index (κ1) is 20.5. The van der Waals surface area contributed by atoms with Crippen LogP contribution >= 0.6 is 0 Å². The van der Waals surface area contributed by atoms with Crippen LogP contribution in [0.5, 0.6) is 11.5 Å². The Morgan fingerprint density at radius 2 is 1.66 bits per heavy atom. The van der Waals surface area contributed by atoms with E-state index in [0.717, 1.165) is 48.3 Å². The molecule has 0 unspecified atom stereocenters. The van der Waals surface area contributed by atoms with Gasteiger partial charge in [0.15, 0.2) is 0 Å². The number of aryl methyl sites for hydroxylation is 1. The lowest BCUT2D eigenvalue weighted by atomic mass is 10.0. The highest BCUT2D eigenvalue weighted by molar-refractivity contribution is 5.38. The van der Waals surface area contributed by atoms with E-state index < -0.39 is 5.82 Å². The van der Waals surface area contributed by atoms with Crippen LogP contribution in [0, 0.1) is 11.6 Å². The molecule has 0 amide bonds. The Labute approximate surface area is 186 Å². The molecule has 162 valence electrons. The van der Waals surface area contributed by atoms with Gasteiger partial charge in [0.25, 0.3) is 0 Å². The first-order chi connectivity index (χ1) is 15.7. The number of benzene rings is 3. The zero-order valence-corrected chi connectivity index (χ0v) is 17.6. The maximum Gasteiger partial charge on any atom is 0.127 e. The molecule has 3 nitrogen and oxygen atoms in total. The Hall–Kier alpha value is -3.44. The number of hydrogen-bond donors (Lipinski definition) is 0. The number of aromatic nitrogens is 1. The molecule has 1 aromatic heterocycles. The van der Waals surface area contributed by atoms with Crippen molar-refractivity contribution in [3.8, 4) is 11.5 Å². The minimum absolute atomic E-state index is 0.102. The Morgan fingerprint density at radius 3 is 2.53 bits per heavy atom. The van der Waals surface area contributed by atoms with Crippen LogP contribution in [-0.4, -0.2) is 16.0 Å². The monoisotopic (exact) mass is 430 g/mol. The van der Waals surface area contributed by atoms with Crippen LogP contribution in [-0.2, 0) is 13.1 Å². The third-order valence-corrected chi connectivity index (χ3v) is 5.89. The smallest absolute Gasteiger partial charge is 0.127 e. The number of para-hydroxylation sites is 1. The van der Waals surface area contributed by atoms with E-state index in [9.17, 15) is 8.78 Å². The molecular formula is C27H24F2N2O. The third-order valence-electron chi connectivity index (χ3n) is 5.89. The molecule has 0 saturated heterocycles. The van der Waals surface area contributed by atoms with Gasteiger partial charge in [-0.05, 0) is 66.6 Å². The molecular weight excluding hydrogens is 406 g/mol. The van der Waals surface area contributed by atoms with Gasteiger partial charge in [0.2, 0.25) is 0 Å². The predicted molar refractivity (Wildman–Crippen MR) is 121 cm³/mol. The molecule has 0 saturated carbocycles. The Balaban J connectivity index is 1.52. The summed E-state index contributed by atoms with van der Waals surface area (Å²) in [5.74, 6) is 0.709. The molecule has 0 bridgehead atoms. The van der Waals surface area contributed by atoms with Crippen LogP contribution < -0.4 is 4.74 Å². The number of nitrogens with zero attached hydrogens (tertiary/aromatic N) is 2. The SMILES string of the molecule is Fc1ccc(F)c(CN2CCCn3cccc3[C@@H]2c2cccc(Oc3ccccc3)c2)c1. The van der Waals surface area contributed by atoms with Gasteiger partial charge in [-0.3, -0.25) is 4.90 Å². The minimum atomic E-state index is -0.422. The summed E-state index contributed by atoms with van der Waals surface area (Å²) in [6, 6.07) is 25.4. The first-order valence-electron chi connectivity index (χ1n) is 10.8. The second-order valence-electron chi connectivity index (χ2n) is 8.08. The lowest BCUT2D eigenvalue weighted by Gasteiger charge is -2.31. The summed E-state index contributed by atoms with van der Waals surface area (Å²) in [4.78, 5) is 2.22. The van der Waals surface area contributed by atoms with Crippen molar-refractivity contribution in [2.75, 3.05) is 6.54 Å². The van der Waals surface area contributed by atoms with Crippen molar-refractivity contribution in [3.63, 3.8) is 0 Å². The number of ether oxygens (including phenoxy) is 1. The van der Waals surface area contributed by atoms with E-state index in [2.05, 4.69) is 27.8 Å². The topological polar surface area (TPSA) is 17.4 Å². The lowest BCUT2D eigenvalue weighted by Crippen LogP contribution is -2.30. The van der Waals surface area contributed by atoms with E-state index in [1.54, 1.807) is 0 Å². The van der Waals surface area contributed by atoms with Gasteiger partial charge in [-0.25, -0.2) is 8.78 Å². The van der Waals surface area contributed by atoms with Gasteiger partial charge in [0.05, 0.1) is 6.04 Å². The van der Waals surface area contributed by atoms with Crippen molar-refractivity contribution in [1.29, 1.82) is 0 Å². The van der Waals surface area contributed by atoms with E-state index in [0.29, 0.717) is 12.1 Å². The summed E-state index contributed by atoms with van der Waals surface area (Å²) in [5.41, 5.74) is 2.56. The standard InChI is InChI=1S/C27H24F2N2O/c28-22-12-13-25(29)21(17-22)19-31-16-6-15-30-14-5-11-26(30)27(31)20-7-4-10-24(18-20)32-23-8-2-1-3-9-23/h1-5,7-14,17-18,27H,6,15-16,19H2/t27-/m0/s1. The highest BCUT2D eigenvalue weighted by Gasteiger charge is 2.28. The van der Waals surface area contributed by atoms with Gasteiger partial charge in [-0.1, -0.05) is 30.3 Å². The molecule has 5 heteroatoms. The average molecular weight is 430 g/mol. The summed E-state index contributed by atoms with van der Waals surface area (Å²) in [5, 5.41) is 0. The summed E-state index contributed by atoms with van der Waals surface area (Å²) >= 11 is 0. The first-order valence-corrected chi connectivity index (χ1v) is 10.8. The normalized spacial score (nSPS) is 16.4. The van der Waals surface area contributed by atoms with Crippen LogP contribution in [0.15, 0.2) is 91.1 Å². The summed E-state index contributed by atoms with van der Waals surface area (Å²) < 4.78 is 36.6. The maximum atomic E-state index is 14.5. The molecule has 4 aromatic rings. The van der Waals surface area contributed by atoms with Gasteiger partial charge in [-0.2, -0.15) is 0 Å². The molecule has 0 aliphatic carbocycles. The fourth-order valence-electron chi connectivity index (χ4n) is 4.45. The molecule has 3 aromatic carbocycles. The Bertz CT molecular complexity index is 1210. The number of halogens is 2. The molecule has 1 atom stereocenters. The van der Waals surface area contributed by atoms with Gasteiger partial charge in [-0.15, -0.1) is 0 Å². The zero-order chi connectivity index (χ0) is 21.9. The molecule has 5 rings (SSSR count). The molecule has 2 heterocycles. The van der Waals surface area contributed by atoms with Crippen LogP contribution in [0.2, 0.25) is 0 Å². The summed E-state index contributed by atoms with van der Waals surface area (Å²) in [6.07, 6.45) is 3.01. The van der Waals surface area contributed by atoms with Crippen LogP contribution in [0.1, 0.15) is 29.3 Å². The summed E-state index contributed by atoms with van der Waals surface area (Å²) in [7, 11) is 0. The van der Waals surface area contributed by atoms with E-state index >= 15 is 0 Å². The zero-order valence-electron chi connectivity index (χ0n) is 17.6. The van der Waals surface area contributed by atoms with Crippen LogP contribution in [0.4, 0.5) is 8.78 Å². The fourth-order valence-corrected chi connectivity index (χ4v) is 4.45. The van der Waals surface area contributed by atoms with Crippen LogP contribution in [0.3, 0.4) is 0 Å². The fraction of sp³-hybridized carbons (Fsp3) is 0.185. The highest BCUT2D eigenvalue weighted by atomic mass is 19.1. The number of hydrogen-bond acceptors (Lipinski definition) is 2. The van der Waals surface area contributed by atoms with E-state index in [1.165, 1.54) is 12.1 Å². The van der Waals surface area contributed by atoms with Crippen LogP contribution in [0.25, 0.3) is 0 Å². The Morgan fingerprint density at radius 1 is 0.812 bits per heavy atom. The second kappa shape index (κ2) is 8.97. The minimum Gasteiger partial charge on any atom is -0.457 e. The number of fused-ring (bicyclic) bond motifs is 1. The van der Waals surface area contributed by atoms with Crippen molar-refractivity contribution in [2.45, 2.75) is 25.6 Å². The van der Waals surface area contributed by atoms with Gasteiger partial charge >= 0.3 is 0 Å². The molecule has 0 fully saturated rings. The van der Waals surface area contributed by atoms with Crippen molar-refractivity contribution >= 4 is 0 Å². The second-order valence-corrected chi connectivity index (χ2v) is 8.08.